The van der Waals surface area contributed by atoms with Gasteiger partial charge in [0.1, 0.15) is 11.4 Å². The fourth-order valence-electron chi connectivity index (χ4n) is 3.50. The molecular weight excluding hydrogens is 453 g/mol. The Morgan fingerprint density at radius 3 is 2.57 bits per heavy atom. The second-order valence-corrected chi connectivity index (χ2v) is 8.18. The Morgan fingerprint density at radius 1 is 1.17 bits per heavy atom. The van der Waals surface area contributed by atoms with E-state index in [4.69, 9.17) is 4.74 Å². The molecule has 7 heteroatoms. The van der Waals surface area contributed by atoms with Gasteiger partial charge in [-0.05, 0) is 64.2 Å². The van der Waals surface area contributed by atoms with Gasteiger partial charge >= 0.3 is 5.97 Å². The first-order valence-corrected chi connectivity index (χ1v) is 10.7. The van der Waals surface area contributed by atoms with Gasteiger partial charge in [0, 0.05) is 6.42 Å². The number of hydrogen-bond donors (Lipinski definition) is 2. The van der Waals surface area contributed by atoms with Gasteiger partial charge in [0.15, 0.2) is 11.6 Å². The summed E-state index contributed by atoms with van der Waals surface area (Å²) < 4.78 is 19.9. The first-order chi connectivity index (χ1) is 14.4. The molecule has 2 aromatic rings. The predicted molar refractivity (Wildman–Crippen MR) is 116 cm³/mol. The third-order valence-electron chi connectivity index (χ3n) is 5.08. The van der Waals surface area contributed by atoms with E-state index in [9.17, 15) is 19.1 Å². The fourth-order valence-corrected chi connectivity index (χ4v) is 3.98. The molecule has 1 aliphatic carbocycles. The molecule has 1 saturated carbocycles. The minimum atomic E-state index is -1.22. The van der Waals surface area contributed by atoms with Crippen LogP contribution in [-0.4, -0.2) is 17.0 Å². The molecule has 0 unspecified atom stereocenters. The van der Waals surface area contributed by atoms with Crippen LogP contribution in [0.4, 0.5) is 4.39 Å². The first kappa shape index (κ1) is 22.0. The third-order valence-corrected chi connectivity index (χ3v) is 5.70. The van der Waals surface area contributed by atoms with Gasteiger partial charge in [-0.15, -0.1) is 0 Å². The largest absolute Gasteiger partial charge is 0.477 e. The smallest absolute Gasteiger partial charge is 0.352 e. The van der Waals surface area contributed by atoms with Gasteiger partial charge in [-0.1, -0.05) is 43.9 Å². The van der Waals surface area contributed by atoms with Crippen molar-refractivity contribution in [1.82, 2.24) is 5.32 Å². The summed E-state index contributed by atoms with van der Waals surface area (Å²) in [5.41, 5.74) is 0.359. The summed E-state index contributed by atoms with van der Waals surface area (Å²) in [5, 5.41) is 11.9. The number of carboxylic acid groups (broad SMARTS) is 1. The number of hydrogen-bond acceptors (Lipinski definition) is 3. The second-order valence-electron chi connectivity index (χ2n) is 7.32. The number of para-hydroxylation sites is 1. The number of carboxylic acids is 1. The lowest BCUT2D eigenvalue weighted by atomic mass is 10.0. The number of benzene rings is 2. The van der Waals surface area contributed by atoms with Crippen LogP contribution < -0.4 is 10.1 Å². The number of aliphatic carboxylic acids is 1. The molecule has 0 heterocycles. The van der Waals surface area contributed by atoms with Crippen molar-refractivity contribution in [2.45, 2.75) is 38.5 Å². The van der Waals surface area contributed by atoms with Gasteiger partial charge in [0.2, 0.25) is 5.91 Å². The third kappa shape index (κ3) is 6.16. The maximum Gasteiger partial charge on any atom is 0.352 e. The summed E-state index contributed by atoms with van der Waals surface area (Å²) in [7, 11) is 0. The highest BCUT2D eigenvalue weighted by molar-refractivity contribution is 9.10. The number of amides is 1. The lowest BCUT2D eigenvalue weighted by Gasteiger charge is -2.11. The zero-order chi connectivity index (χ0) is 21.5. The Balaban J connectivity index is 1.67. The molecule has 1 fully saturated rings. The van der Waals surface area contributed by atoms with E-state index in [-0.39, 0.29) is 17.4 Å². The van der Waals surface area contributed by atoms with Crippen LogP contribution in [0.25, 0.3) is 6.08 Å². The molecule has 2 N–H and O–H groups in total. The number of halogens is 2. The Bertz CT molecular complexity index is 954. The quantitative estimate of drug-likeness (QED) is 0.466. The van der Waals surface area contributed by atoms with Crippen molar-refractivity contribution >= 4 is 33.9 Å². The van der Waals surface area contributed by atoms with E-state index in [0.29, 0.717) is 28.1 Å². The average Bonchev–Trinajstić information content (AvgIpc) is 3.23. The van der Waals surface area contributed by atoms with Crippen LogP contribution >= 0.6 is 15.9 Å². The molecule has 30 heavy (non-hydrogen) atoms. The summed E-state index contributed by atoms with van der Waals surface area (Å²) in [6, 6.07) is 10.9. The van der Waals surface area contributed by atoms with Crippen molar-refractivity contribution in [3.8, 4) is 11.5 Å². The standard InChI is InChI=1S/C23H23BrFNO4/c24-17-13-16(9-11-20(17)30-21-8-4-3-7-18(21)25)14-19(23(28)29)26-22(27)12-10-15-5-1-2-6-15/h3-4,7-9,11,13-15H,1-2,5-6,10,12H2,(H,26,27)(H,28,29)/b19-14-. The van der Waals surface area contributed by atoms with Crippen LogP contribution in [0, 0.1) is 11.7 Å². The Labute approximate surface area is 183 Å². The second kappa shape index (κ2) is 10.4. The first-order valence-electron chi connectivity index (χ1n) is 9.89. The summed E-state index contributed by atoms with van der Waals surface area (Å²) in [5.74, 6) is -0.967. The molecule has 0 radical (unpaired) electrons. The molecule has 158 valence electrons. The van der Waals surface area contributed by atoms with Crippen LogP contribution in [-0.2, 0) is 9.59 Å². The average molecular weight is 476 g/mol. The molecule has 1 aliphatic rings. The highest BCUT2D eigenvalue weighted by Gasteiger charge is 2.18. The van der Waals surface area contributed by atoms with Crippen molar-refractivity contribution in [3.63, 3.8) is 0 Å². The van der Waals surface area contributed by atoms with E-state index < -0.39 is 11.8 Å². The Kier molecular flexibility index (Phi) is 7.63. The molecule has 0 aliphatic heterocycles. The summed E-state index contributed by atoms with van der Waals surface area (Å²) in [4.78, 5) is 23.8. The number of ether oxygens (including phenoxy) is 1. The van der Waals surface area contributed by atoms with Gasteiger partial charge in [-0.25, -0.2) is 9.18 Å². The van der Waals surface area contributed by atoms with Gasteiger partial charge in [-0.2, -0.15) is 0 Å². The highest BCUT2D eigenvalue weighted by Crippen LogP contribution is 2.32. The SMILES string of the molecule is O=C(CCC1CCCC1)N/C(=C\c1ccc(Oc2ccccc2F)c(Br)c1)C(=O)O. The summed E-state index contributed by atoms with van der Waals surface area (Å²) in [6.07, 6.45) is 7.18. The molecule has 1 amide bonds. The minimum Gasteiger partial charge on any atom is -0.477 e. The Hall–Kier alpha value is -2.67. The highest BCUT2D eigenvalue weighted by atomic mass is 79.9. The molecule has 0 atom stereocenters. The Morgan fingerprint density at radius 2 is 1.90 bits per heavy atom. The predicted octanol–water partition coefficient (Wildman–Crippen LogP) is 5.89. The zero-order valence-electron chi connectivity index (χ0n) is 16.4. The van der Waals surface area contributed by atoms with Crippen molar-refractivity contribution < 1.29 is 23.8 Å². The van der Waals surface area contributed by atoms with E-state index in [0.717, 1.165) is 19.3 Å². The molecule has 3 rings (SSSR count). The lowest BCUT2D eigenvalue weighted by molar-refractivity contribution is -0.134. The molecule has 0 aromatic heterocycles. The van der Waals surface area contributed by atoms with E-state index in [1.165, 1.54) is 31.1 Å². The van der Waals surface area contributed by atoms with Gasteiger partial charge in [0.25, 0.3) is 0 Å². The maximum absolute atomic E-state index is 13.8. The molecule has 0 bridgehead atoms. The van der Waals surface area contributed by atoms with Crippen LogP contribution in [0.5, 0.6) is 11.5 Å². The normalized spacial score (nSPS) is 14.5. The molecule has 0 saturated heterocycles. The van der Waals surface area contributed by atoms with Crippen molar-refractivity contribution in [2.75, 3.05) is 0 Å². The van der Waals surface area contributed by atoms with Gasteiger partial charge < -0.3 is 15.2 Å². The van der Waals surface area contributed by atoms with Crippen LogP contribution in [0.15, 0.2) is 52.6 Å². The van der Waals surface area contributed by atoms with Crippen LogP contribution in [0.3, 0.4) is 0 Å². The van der Waals surface area contributed by atoms with Crippen molar-refractivity contribution in [3.05, 3.63) is 64.0 Å². The van der Waals surface area contributed by atoms with Gasteiger partial charge in [0.05, 0.1) is 4.47 Å². The minimum absolute atomic E-state index is 0.0854. The molecule has 2 aromatic carbocycles. The van der Waals surface area contributed by atoms with Crippen molar-refractivity contribution in [2.24, 2.45) is 5.92 Å². The topological polar surface area (TPSA) is 75.6 Å². The summed E-state index contributed by atoms with van der Waals surface area (Å²) in [6.45, 7) is 0. The van der Waals surface area contributed by atoms with Crippen LogP contribution in [0.1, 0.15) is 44.1 Å². The lowest BCUT2D eigenvalue weighted by Crippen LogP contribution is -2.27. The molecule has 5 nitrogen and oxygen atoms in total. The fraction of sp³-hybridized carbons (Fsp3) is 0.304. The zero-order valence-corrected chi connectivity index (χ0v) is 18.0. The maximum atomic E-state index is 13.8. The monoisotopic (exact) mass is 475 g/mol. The molecule has 0 spiro atoms. The van der Waals surface area contributed by atoms with E-state index in [1.807, 2.05) is 0 Å². The van der Waals surface area contributed by atoms with Crippen molar-refractivity contribution in [1.29, 1.82) is 0 Å². The number of rotatable bonds is 8. The van der Waals surface area contributed by atoms with Gasteiger partial charge in [-0.3, -0.25) is 4.79 Å². The number of carbonyl (C=O) groups is 2. The number of carbonyl (C=O) groups excluding carboxylic acids is 1. The summed E-state index contributed by atoms with van der Waals surface area (Å²) >= 11 is 3.36. The molecular formula is C23H23BrFNO4. The van der Waals surface area contributed by atoms with E-state index >= 15 is 0 Å². The number of nitrogens with one attached hydrogen (secondary N) is 1. The van der Waals surface area contributed by atoms with E-state index in [2.05, 4.69) is 21.2 Å². The van der Waals surface area contributed by atoms with Crippen LogP contribution in [0.2, 0.25) is 0 Å². The van der Waals surface area contributed by atoms with E-state index in [1.54, 1.807) is 30.3 Å².